The van der Waals surface area contributed by atoms with Crippen molar-refractivity contribution in [2.75, 3.05) is 0 Å². The van der Waals surface area contributed by atoms with Gasteiger partial charge < -0.3 is 5.11 Å². The average molecular weight is 227 g/mol. The lowest BCUT2D eigenvalue weighted by Gasteiger charge is -2.36. The van der Waals surface area contributed by atoms with Gasteiger partial charge in [-0.2, -0.15) is 0 Å². The van der Waals surface area contributed by atoms with Crippen LogP contribution in [0.25, 0.3) is 0 Å². The molecule has 0 bridgehead atoms. The third-order valence-electron chi connectivity index (χ3n) is 3.71. The highest BCUT2D eigenvalue weighted by molar-refractivity contribution is 5.85. The minimum Gasteiger partial charge on any atom is -0.393 e. The van der Waals surface area contributed by atoms with Gasteiger partial charge >= 0.3 is 0 Å². The van der Waals surface area contributed by atoms with Crippen LogP contribution in [0.1, 0.15) is 51.4 Å². The number of rotatable bonds is 0. The van der Waals surface area contributed by atoms with Crippen LogP contribution in [-0.4, -0.2) is 11.2 Å². The summed E-state index contributed by atoms with van der Waals surface area (Å²) in [6.45, 7) is 0. The monoisotopic (exact) mass is 226 g/mol. The molecule has 0 aromatic carbocycles. The number of hydrogen-bond donors (Lipinski definition) is 1. The largest absolute Gasteiger partial charge is 0.393 e. The minimum absolute atomic E-state index is 0. The fraction of sp³-hybridized carbons (Fsp3) is 1.00. The molecule has 1 atom stereocenters. The molecule has 1 N–H and O–H groups in total. The Morgan fingerprint density at radius 1 is 0.846 bits per heavy atom. The highest BCUT2D eigenvalue weighted by atomic mass is 35.5. The maximum atomic E-state index is 9.80. The molecule has 80 valence electrons. The van der Waals surface area contributed by atoms with Gasteiger partial charge in [-0.3, -0.25) is 0 Å². The van der Waals surface area contributed by atoms with Crippen molar-refractivity contribution in [1.29, 1.82) is 0 Å². The topological polar surface area (TPSA) is 20.2 Å². The number of aliphatic hydroxyl groups excluding tert-OH is 1. The molecule has 2 rings (SSSR count). The predicted octanol–water partition coefficient (Wildman–Crippen LogP) is 3.33. The van der Waals surface area contributed by atoms with Crippen molar-refractivity contribution >= 4 is 24.8 Å². The molecule has 2 fully saturated rings. The van der Waals surface area contributed by atoms with Gasteiger partial charge in [-0.05, 0) is 31.1 Å². The summed E-state index contributed by atoms with van der Waals surface area (Å²) in [5.74, 6) is 0. The lowest BCUT2D eigenvalue weighted by Crippen LogP contribution is -2.31. The molecule has 0 heterocycles. The summed E-state index contributed by atoms with van der Waals surface area (Å²) in [7, 11) is 0. The van der Waals surface area contributed by atoms with Crippen LogP contribution >= 0.6 is 24.8 Å². The molecule has 13 heavy (non-hydrogen) atoms. The van der Waals surface area contributed by atoms with E-state index in [0.717, 1.165) is 6.42 Å². The summed E-state index contributed by atoms with van der Waals surface area (Å²) >= 11 is 0. The van der Waals surface area contributed by atoms with Crippen LogP contribution in [0.4, 0.5) is 0 Å². The van der Waals surface area contributed by atoms with E-state index in [0.29, 0.717) is 5.41 Å². The standard InChI is InChI=1S/C10H18O.2ClH/c11-9-5-4-8-10(9)6-2-1-3-7-10;;/h9,11H,1-8H2;2*1H. The van der Waals surface area contributed by atoms with Crippen molar-refractivity contribution in [1.82, 2.24) is 0 Å². The Labute approximate surface area is 93.1 Å². The van der Waals surface area contributed by atoms with Gasteiger partial charge in [0.2, 0.25) is 0 Å². The van der Waals surface area contributed by atoms with E-state index in [1.165, 1.54) is 44.9 Å². The second kappa shape index (κ2) is 5.43. The number of hydrogen-bond acceptors (Lipinski definition) is 1. The maximum Gasteiger partial charge on any atom is 0.0596 e. The Hall–Kier alpha value is 0.540. The van der Waals surface area contributed by atoms with Gasteiger partial charge in [0.05, 0.1) is 6.10 Å². The highest BCUT2D eigenvalue weighted by Crippen LogP contribution is 2.48. The zero-order chi connectivity index (χ0) is 7.73. The summed E-state index contributed by atoms with van der Waals surface area (Å²) in [5.41, 5.74) is 0.387. The van der Waals surface area contributed by atoms with Gasteiger partial charge in [-0.15, -0.1) is 24.8 Å². The molecule has 0 aromatic rings. The van der Waals surface area contributed by atoms with Crippen LogP contribution in [-0.2, 0) is 0 Å². The Bertz CT molecular complexity index is 144. The summed E-state index contributed by atoms with van der Waals surface area (Å²) in [5, 5.41) is 9.80. The predicted molar refractivity (Wildman–Crippen MR) is 59.9 cm³/mol. The molecule has 0 saturated heterocycles. The van der Waals surface area contributed by atoms with Gasteiger partial charge in [0.25, 0.3) is 0 Å². The first kappa shape index (κ1) is 13.5. The van der Waals surface area contributed by atoms with E-state index in [1.807, 2.05) is 0 Å². The van der Waals surface area contributed by atoms with Crippen molar-refractivity contribution < 1.29 is 5.11 Å². The zero-order valence-electron chi connectivity index (χ0n) is 8.00. The van der Waals surface area contributed by atoms with Gasteiger partial charge in [-0.25, -0.2) is 0 Å². The van der Waals surface area contributed by atoms with Crippen molar-refractivity contribution in [2.45, 2.75) is 57.5 Å². The average Bonchev–Trinajstić information content (AvgIpc) is 2.36. The van der Waals surface area contributed by atoms with Crippen LogP contribution in [0.5, 0.6) is 0 Å². The Morgan fingerprint density at radius 2 is 1.38 bits per heavy atom. The third kappa shape index (κ3) is 2.51. The van der Waals surface area contributed by atoms with Crippen LogP contribution < -0.4 is 0 Å². The van der Waals surface area contributed by atoms with Crippen molar-refractivity contribution in [3.8, 4) is 0 Å². The minimum atomic E-state index is 0. The normalized spacial score (nSPS) is 30.7. The lowest BCUT2D eigenvalue weighted by molar-refractivity contribution is 0.0234. The molecule has 2 saturated carbocycles. The van der Waals surface area contributed by atoms with Gasteiger partial charge in [0.1, 0.15) is 0 Å². The van der Waals surface area contributed by atoms with E-state index in [1.54, 1.807) is 0 Å². The van der Waals surface area contributed by atoms with E-state index >= 15 is 0 Å². The zero-order valence-corrected chi connectivity index (χ0v) is 9.63. The molecule has 1 spiro atoms. The first-order valence-corrected chi connectivity index (χ1v) is 5.02. The molecule has 0 aromatic heterocycles. The molecule has 1 nitrogen and oxygen atoms in total. The number of aliphatic hydroxyl groups is 1. The van der Waals surface area contributed by atoms with Crippen molar-refractivity contribution in [2.24, 2.45) is 5.41 Å². The highest BCUT2D eigenvalue weighted by Gasteiger charge is 2.41. The lowest BCUT2D eigenvalue weighted by atomic mass is 9.71. The summed E-state index contributed by atoms with van der Waals surface area (Å²) in [4.78, 5) is 0. The van der Waals surface area contributed by atoms with E-state index in [9.17, 15) is 5.11 Å². The third-order valence-corrected chi connectivity index (χ3v) is 3.71. The molecular formula is C10H20Cl2O. The second-order valence-corrected chi connectivity index (χ2v) is 4.33. The van der Waals surface area contributed by atoms with Crippen LogP contribution in [0.3, 0.4) is 0 Å². The second-order valence-electron chi connectivity index (χ2n) is 4.33. The first-order valence-electron chi connectivity index (χ1n) is 5.02. The SMILES string of the molecule is Cl.Cl.OC1CCCC12CCCCC2. The van der Waals surface area contributed by atoms with E-state index in [-0.39, 0.29) is 30.9 Å². The first-order chi connectivity index (χ1) is 5.33. The molecule has 1 unspecified atom stereocenters. The Morgan fingerprint density at radius 3 is 1.85 bits per heavy atom. The Balaban J connectivity index is 0.000000720. The van der Waals surface area contributed by atoms with E-state index in [2.05, 4.69) is 0 Å². The van der Waals surface area contributed by atoms with Crippen LogP contribution in [0, 0.1) is 5.41 Å². The van der Waals surface area contributed by atoms with Crippen molar-refractivity contribution in [3.05, 3.63) is 0 Å². The van der Waals surface area contributed by atoms with Gasteiger partial charge in [0, 0.05) is 0 Å². The molecule has 0 amide bonds. The molecular weight excluding hydrogens is 207 g/mol. The van der Waals surface area contributed by atoms with Crippen molar-refractivity contribution in [3.63, 3.8) is 0 Å². The molecule has 2 aliphatic rings. The maximum absolute atomic E-state index is 9.80. The quantitative estimate of drug-likeness (QED) is 0.673. The van der Waals surface area contributed by atoms with E-state index in [4.69, 9.17) is 0 Å². The van der Waals surface area contributed by atoms with Gasteiger partial charge in [0.15, 0.2) is 0 Å². The summed E-state index contributed by atoms with van der Waals surface area (Å²) < 4.78 is 0. The van der Waals surface area contributed by atoms with Gasteiger partial charge in [-0.1, -0.05) is 25.7 Å². The van der Waals surface area contributed by atoms with Crippen LogP contribution in [0.2, 0.25) is 0 Å². The number of halogens is 2. The molecule has 0 radical (unpaired) electrons. The smallest absolute Gasteiger partial charge is 0.0596 e. The fourth-order valence-corrected chi connectivity index (χ4v) is 2.96. The molecule has 2 aliphatic carbocycles. The summed E-state index contributed by atoms with van der Waals surface area (Å²) in [6, 6.07) is 0. The van der Waals surface area contributed by atoms with Crippen LogP contribution in [0.15, 0.2) is 0 Å². The Kier molecular flexibility index (Phi) is 5.65. The fourth-order valence-electron chi connectivity index (χ4n) is 2.96. The van der Waals surface area contributed by atoms with E-state index < -0.39 is 0 Å². The molecule has 3 heteroatoms. The summed E-state index contributed by atoms with van der Waals surface area (Å²) in [6.07, 6.45) is 10.4. The molecule has 0 aliphatic heterocycles.